The van der Waals surface area contributed by atoms with Crippen molar-refractivity contribution in [3.8, 4) is 0 Å². The van der Waals surface area contributed by atoms with Crippen LogP contribution in [0.1, 0.15) is 32.6 Å². The van der Waals surface area contributed by atoms with E-state index < -0.39 is 11.9 Å². The van der Waals surface area contributed by atoms with Crippen molar-refractivity contribution in [3.63, 3.8) is 0 Å². The average Bonchev–Trinajstić information content (AvgIpc) is 2.81. The second kappa shape index (κ2) is 5.04. The topological polar surface area (TPSA) is 66.8 Å². The van der Waals surface area contributed by atoms with Crippen LogP contribution in [0.3, 0.4) is 0 Å². The molecule has 0 saturated carbocycles. The van der Waals surface area contributed by atoms with Crippen LogP contribution in [0.2, 0.25) is 0 Å². The molecule has 3 atom stereocenters. The monoisotopic (exact) mass is 241 g/mol. The second-order valence-electron chi connectivity index (χ2n) is 4.86. The molecular weight excluding hydrogens is 222 g/mol. The molecule has 0 aromatic rings. The number of rotatable bonds is 2. The summed E-state index contributed by atoms with van der Waals surface area (Å²) in [6, 6.07) is -0.224. The lowest BCUT2D eigenvalue weighted by Crippen LogP contribution is -2.52. The molecule has 1 N–H and O–H groups in total. The first-order chi connectivity index (χ1) is 8.11. The molecule has 2 aliphatic heterocycles. The van der Waals surface area contributed by atoms with E-state index in [0.29, 0.717) is 19.6 Å². The van der Waals surface area contributed by atoms with Crippen LogP contribution in [0.15, 0.2) is 0 Å². The van der Waals surface area contributed by atoms with E-state index >= 15 is 0 Å². The third-order valence-corrected chi connectivity index (χ3v) is 3.79. The summed E-state index contributed by atoms with van der Waals surface area (Å²) in [5, 5.41) is 9.10. The molecule has 5 nitrogen and oxygen atoms in total. The molecule has 0 radical (unpaired) electrons. The van der Waals surface area contributed by atoms with E-state index in [4.69, 9.17) is 9.84 Å². The summed E-state index contributed by atoms with van der Waals surface area (Å²) >= 11 is 0. The zero-order valence-corrected chi connectivity index (χ0v) is 10.1. The molecule has 2 heterocycles. The van der Waals surface area contributed by atoms with Gasteiger partial charge < -0.3 is 14.7 Å². The Morgan fingerprint density at radius 1 is 1.29 bits per heavy atom. The van der Waals surface area contributed by atoms with Gasteiger partial charge in [-0.3, -0.25) is 9.59 Å². The Labute approximate surface area is 101 Å². The van der Waals surface area contributed by atoms with Crippen molar-refractivity contribution in [3.05, 3.63) is 0 Å². The molecule has 0 aliphatic carbocycles. The molecule has 0 spiro atoms. The van der Waals surface area contributed by atoms with Gasteiger partial charge in [-0.25, -0.2) is 0 Å². The lowest BCUT2D eigenvalue weighted by atomic mass is 9.90. The van der Waals surface area contributed by atoms with Crippen molar-refractivity contribution in [2.75, 3.05) is 13.2 Å². The minimum atomic E-state index is -0.803. The highest BCUT2D eigenvalue weighted by Gasteiger charge is 2.38. The van der Waals surface area contributed by atoms with Crippen molar-refractivity contribution in [1.29, 1.82) is 0 Å². The molecule has 2 rings (SSSR count). The van der Waals surface area contributed by atoms with Crippen LogP contribution in [0, 0.1) is 5.92 Å². The summed E-state index contributed by atoms with van der Waals surface area (Å²) in [7, 11) is 0. The number of hydrogen-bond acceptors (Lipinski definition) is 3. The van der Waals surface area contributed by atoms with E-state index in [9.17, 15) is 9.59 Å². The van der Waals surface area contributed by atoms with E-state index in [1.165, 1.54) is 0 Å². The van der Waals surface area contributed by atoms with E-state index in [0.717, 1.165) is 19.3 Å². The number of carbonyl (C=O) groups excluding carboxylic acids is 1. The number of hydrogen-bond donors (Lipinski definition) is 1. The number of carbonyl (C=O) groups is 2. The third-order valence-electron chi connectivity index (χ3n) is 3.79. The quantitative estimate of drug-likeness (QED) is 0.779. The number of piperidine rings is 1. The fraction of sp³-hybridized carbons (Fsp3) is 0.833. The maximum atomic E-state index is 12.2. The number of likely N-dealkylation sites (tertiary alicyclic amines) is 1. The first-order valence-corrected chi connectivity index (χ1v) is 6.26. The maximum Gasteiger partial charge on any atom is 0.308 e. The Balaban J connectivity index is 2.04. The van der Waals surface area contributed by atoms with E-state index in [-0.39, 0.29) is 18.1 Å². The Bertz CT molecular complexity index is 312. The van der Waals surface area contributed by atoms with Crippen molar-refractivity contribution < 1.29 is 19.4 Å². The molecule has 0 bridgehead atoms. The molecule has 96 valence electrons. The van der Waals surface area contributed by atoms with Gasteiger partial charge in [0.15, 0.2) is 0 Å². The van der Waals surface area contributed by atoms with Crippen LogP contribution in [0.25, 0.3) is 0 Å². The number of ether oxygens (including phenoxy) is 1. The summed E-state index contributed by atoms with van der Waals surface area (Å²) in [4.78, 5) is 25.0. The van der Waals surface area contributed by atoms with E-state index in [2.05, 4.69) is 0 Å². The Kier molecular flexibility index (Phi) is 3.66. The molecule has 0 aromatic carbocycles. The Hall–Kier alpha value is -1.10. The highest BCUT2D eigenvalue weighted by molar-refractivity contribution is 5.82. The summed E-state index contributed by atoms with van der Waals surface area (Å²) in [6.45, 7) is 3.12. The van der Waals surface area contributed by atoms with Gasteiger partial charge in [0, 0.05) is 19.2 Å². The fourth-order valence-corrected chi connectivity index (χ4v) is 2.74. The zero-order chi connectivity index (χ0) is 12.4. The molecule has 5 heteroatoms. The van der Waals surface area contributed by atoms with Gasteiger partial charge in [-0.05, 0) is 32.6 Å². The molecule has 0 unspecified atom stereocenters. The summed E-state index contributed by atoms with van der Waals surface area (Å²) in [6.07, 6.45) is 2.76. The molecule has 17 heavy (non-hydrogen) atoms. The average molecular weight is 241 g/mol. The van der Waals surface area contributed by atoms with Gasteiger partial charge in [0.1, 0.15) is 6.10 Å². The van der Waals surface area contributed by atoms with Gasteiger partial charge in [0.2, 0.25) is 0 Å². The number of amides is 1. The number of carboxylic acids is 1. The Morgan fingerprint density at radius 3 is 2.65 bits per heavy atom. The van der Waals surface area contributed by atoms with Gasteiger partial charge in [0.25, 0.3) is 5.91 Å². The maximum absolute atomic E-state index is 12.2. The minimum Gasteiger partial charge on any atom is -0.481 e. The second-order valence-corrected chi connectivity index (χ2v) is 4.86. The van der Waals surface area contributed by atoms with Crippen LogP contribution in [-0.2, 0) is 14.3 Å². The first-order valence-electron chi connectivity index (χ1n) is 6.26. The van der Waals surface area contributed by atoms with Crippen molar-refractivity contribution in [2.24, 2.45) is 5.92 Å². The number of nitrogens with zero attached hydrogens (tertiary/aromatic N) is 1. The van der Waals surface area contributed by atoms with Crippen LogP contribution in [0.5, 0.6) is 0 Å². The zero-order valence-electron chi connectivity index (χ0n) is 10.1. The molecule has 2 saturated heterocycles. The van der Waals surface area contributed by atoms with Crippen LogP contribution in [-0.4, -0.2) is 47.2 Å². The van der Waals surface area contributed by atoms with E-state index in [1.807, 2.05) is 6.92 Å². The third kappa shape index (κ3) is 2.44. The standard InChI is InChI=1S/C12H19NO4/c1-8-9(12(15)16)4-2-6-13(8)11(14)10-5-3-7-17-10/h8-10H,2-7H2,1H3,(H,15,16)/t8-,9-,10+/m1/s1. The number of carboxylic acid groups (broad SMARTS) is 1. The van der Waals surface area contributed by atoms with Gasteiger partial charge in [-0.1, -0.05) is 0 Å². The molecule has 0 aromatic heterocycles. The van der Waals surface area contributed by atoms with Gasteiger partial charge in [-0.15, -0.1) is 0 Å². The van der Waals surface area contributed by atoms with Crippen LogP contribution in [0.4, 0.5) is 0 Å². The van der Waals surface area contributed by atoms with Crippen LogP contribution < -0.4 is 0 Å². The largest absolute Gasteiger partial charge is 0.481 e. The summed E-state index contributed by atoms with van der Waals surface area (Å²) in [5.74, 6) is -1.27. The molecule has 2 aliphatic rings. The molecule has 1 amide bonds. The molecular formula is C12H19NO4. The lowest BCUT2D eigenvalue weighted by Gasteiger charge is -2.38. The Morgan fingerprint density at radius 2 is 2.06 bits per heavy atom. The molecule has 2 fully saturated rings. The van der Waals surface area contributed by atoms with Crippen molar-refractivity contribution >= 4 is 11.9 Å². The fourth-order valence-electron chi connectivity index (χ4n) is 2.74. The van der Waals surface area contributed by atoms with Gasteiger partial charge >= 0.3 is 5.97 Å². The van der Waals surface area contributed by atoms with Crippen molar-refractivity contribution in [2.45, 2.75) is 44.8 Å². The smallest absolute Gasteiger partial charge is 0.308 e. The SMILES string of the molecule is C[C@@H]1[C@H](C(=O)O)CCCN1C(=O)[C@@H]1CCCO1. The highest BCUT2D eigenvalue weighted by Crippen LogP contribution is 2.26. The highest BCUT2D eigenvalue weighted by atomic mass is 16.5. The summed E-state index contributed by atoms with van der Waals surface area (Å²) in [5.41, 5.74) is 0. The summed E-state index contributed by atoms with van der Waals surface area (Å²) < 4.78 is 5.37. The van der Waals surface area contributed by atoms with Crippen molar-refractivity contribution in [1.82, 2.24) is 4.90 Å². The minimum absolute atomic E-state index is 0.0269. The van der Waals surface area contributed by atoms with Gasteiger partial charge in [0.05, 0.1) is 5.92 Å². The normalized spacial score (nSPS) is 33.7. The number of aliphatic carboxylic acids is 1. The first kappa shape index (κ1) is 12.4. The van der Waals surface area contributed by atoms with Gasteiger partial charge in [-0.2, -0.15) is 0 Å². The lowest BCUT2D eigenvalue weighted by molar-refractivity contribution is -0.153. The predicted octanol–water partition coefficient (Wildman–Crippen LogP) is 0.877. The predicted molar refractivity (Wildman–Crippen MR) is 60.5 cm³/mol. The van der Waals surface area contributed by atoms with E-state index in [1.54, 1.807) is 4.90 Å². The van der Waals surface area contributed by atoms with Crippen LogP contribution >= 0.6 is 0 Å².